The lowest BCUT2D eigenvalue weighted by molar-refractivity contribution is -0.870. The molecule has 82 heavy (non-hydrogen) atoms. The SMILES string of the molecule is CCCCCCCCCCCCC/C=C/CC/C=C/CC/C=C/C(O)C(COP(=O)(O)OCC[N+](C)(C)C)NC(=O)CCCCCCCCCCCCCCCCCCCCCCCCCCCCCCCCCCCCCCCCC. The maximum atomic E-state index is 13.0. The molecule has 8 nitrogen and oxygen atoms in total. The van der Waals surface area contributed by atoms with Crippen LogP contribution in [0, 0.1) is 0 Å². The molecule has 9 heteroatoms. The Kier molecular flexibility index (Phi) is 63.2. The van der Waals surface area contributed by atoms with Gasteiger partial charge in [-0.15, -0.1) is 0 Å². The molecule has 0 aromatic carbocycles. The van der Waals surface area contributed by atoms with Gasteiger partial charge in [-0.3, -0.25) is 13.8 Å². The highest BCUT2D eigenvalue weighted by Gasteiger charge is 2.28. The van der Waals surface area contributed by atoms with Gasteiger partial charge in [0, 0.05) is 6.42 Å². The van der Waals surface area contributed by atoms with E-state index in [2.05, 4.69) is 43.5 Å². The van der Waals surface area contributed by atoms with Gasteiger partial charge in [0.1, 0.15) is 13.2 Å². The van der Waals surface area contributed by atoms with Gasteiger partial charge in [-0.2, -0.15) is 0 Å². The van der Waals surface area contributed by atoms with E-state index in [9.17, 15) is 19.4 Å². The third kappa shape index (κ3) is 66.2. The van der Waals surface area contributed by atoms with Crippen molar-refractivity contribution in [2.24, 2.45) is 0 Å². The first kappa shape index (κ1) is 80.7. The molecule has 0 bridgehead atoms. The van der Waals surface area contributed by atoms with E-state index in [1.165, 1.54) is 308 Å². The molecular weight excluding hydrogens is 1030 g/mol. The quantitative estimate of drug-likeness (QED) is 0.0243. The minimum absolute atomic E-state index is 0.0554. The number of carbonyl (C=O) groups excluding carboxylic acids is 1. The van der Waals surface area contributed by atoms with Gasteiger partial charge < -0.3 is 19.8 Å². The van der Waals surface area contributed by atoms with Gasteiger partial charge in [-0.05, 0) is 44.9 Å². The van der Waals surface area contributed by atoms with Crippen LogP contribution >= 0.6 is 7.82 Å². The smallest absolute Gasteiger partial charge is 0.387 e. The molecule has 3 atom stereocenters. The number of allylic oxidation sites excluding steroid dienone is 5. The summed E-state index contributed by atoms with van der Waals surface area (Å²) in [6.45, 7) is 4.84. The van der Waals surface area contributed by atoms with Crippen LogP contribution in [-0.2, 0) is 18.4 Å². The van der Waals surface area contributed by atoms with Crippen molar-refractivity contribution in [1.82, 2.24) is 5.32 Å². The van der Waals surface area contributed by atoms with E-state index in [-0.39, 0.29) is 19.1 Å². The van der Waals surface area contributed by atoms with Crippen LogP contribution in [0.25, 0.3) is 0 Å². The zero-order valence-corrected chi connectivity index (χ0v) is 56.7. The summed E-state index contributed by atoms with van der Waals surface area (Å²) in [5.41, 5.74) is 0. The van der Waals surface area contributed by atoms with Gasteiger partial charge in [-0.25, -0.2) is 4.57 Å². The van der Waals surface area contributed by atoms with E-state index in [0.717, 1.165) is 44.9 Å². The summed E-state index contributed by atoms with van der Waals surface area (Å²) in [5, 5.41) is 14.0. The fraction of sp³-hybridized carbons (Fsp3) is 0.904. The Balaban J connectivity index is 3.95. The number of phosphoric ester groups is 1. The summed E-state index contributed by atoms with van der Waals surface area (Å²) >= 11 is 0. The molecule has 0 fully saturated rings. The average Bonchev–Trinajstić information content (AvgIpc) is 3.47. The monoisotopic (exact) mass is 1180 g/mol. The lowest BCUT2D eigenvalue weighted by Gasteiger charge is -2.25. The number of nitrogens with one attached hydrogen (secondary N) is 1. The van der Waals surface area contributed by atoms with Crippen LogP contribution in [0.3, 0.4) is 0 Å². The standard InChI is InChI=1S/C73H143N2O6P/c1-6-8-10-12-14-16-18-20-22-24-26-28-29-30-31-32-33-34-35-36-37-38-39-40-41-42-43-44-45-47-49-51-53-55-57-59-61-63-65-67-73(77)74-71(70-81-82(78,79)80-69-68-75(3,4)5)72(76)66-64-62-60-58-56-54-52-50-48-46-27-25-23-21-19-17-15-13-11-9-7-2/h48,50,56,58,64,66,71-72,76H,6-47,49,51-55,57,59-63,65,67-70H2,1-5H3,(H-,74,77,78,79)/p+1/b50-48+,58-56+,66-64+. The van der Waals surface area contributed by atoms with E-state index >= 15 is 0 Å². The molecule has 3 unspecified atom stereocenters. The molecule has 0 aliphatic heterocycles. The molecule has 0 saturated heterocycles. The number of aliphatic hydroxyl groups excluding tert-OH is 1. The number of phosphoric acid groups is 1. The number of hydrogen-bond acceptors (Lipinski definition) is 5. The van der Waals surface area contributed by atoms with Crippen LogP contribution in [0.1, 0.15) is 373 Å². The Labute approximate surface area is 512 Å². The number of amides is 1. The third-order valence-corrected chi connectivity index (χ3v) is 17.8. The van der Waals surface area contributed by atoms with Crippen molar-refractivity contribution in [3.8, 4) is 0 Å². The number of unbranched alkanes of at least 4 members (excludes halogenated alkanes) is 51. The van der Waals surface area contributed by atoms with Crippen molar-refractivity contribution < 1.29 is 32.9 Å². The Bertz CT molecular complexity index is 1430. The van der Waals surface area contributed by atoms with Gasteiger partial charge in [0.05, 0.1) is 39.9 Å². The van der Waals surface area contributed by atoms with E-state index in [1.54, 1.807) is 6.08 Å². The topological polar surface area (TPSA) is 105 Å². The van der Waals surface area contributed by atoms with Crippen LogP contribution in [0.5, 0.6) is 0 Å². The molecule has 0 rings (SSSR count). The van der Waals surface area contributed by atoms with E-state index in [1.807, 2.05) is 27.2 Å². The van der Waals surface area contributed by atoms with E-state index in [0.29, 0.717) is 17.4 Å². The molecule has 486 valence electrons. The van der Waals surface area contributed by atoms with Gasteiger partial charge in [0.15, 0.2) is 0 Å². The maximum absolute atomic E-state index is 13.0. The van der Waals surface area contributed by atoms with Gasteiger partial charge in [-0.1, -0.05) is 359 Å². The zero-order chi connectivity index (χ0) is 59.8. The highest BCUT2D eigenvalue weighted by molar-refractivity contribution is 7.47. The summed E-state index contributed by atoms with van der Waals surface area (Å²) in [6, 6.07) is -0.869. The van der Waals surface area contributed by atoms with Gasteiger partial charge in [0.2, 0.25) is 5.91 Å². The highest BCUT2D eigenvalue weighted by Crippen LogP contribution is 2.43. The second kappa shape index (κ2) is 64.2. The first-order chi connectivity index (χ1) is 40.0. The first-order valence-electron chi connectivity index (χ1n) is 36.4. The van der Waals surface area contributed by atoms with Crippen molar-refractivity contribution in [2.75, 3.05) is 40.9 Å². The molecule has 0 saturated carbocycles. The van der Waals surface area contributed by atoms with Crippen molar-refractivity contribution in [3.05, 3.63) is 36.5 Å². The summed E-state index contributed by atoms with van der Waals surface area (Å²) in [6.07, 6.45) is 86.1. The molecule has 0 radical (unpaired) electrons. The van der Waals surface area contributed by atoms with E-state index < -0.39 is 20.0 Å². The lowest BCUT2D eigenvalue weighted by atomic mass is 10.0. The third-order valence-electron chi connectivity index (χ3n) is 16.8. The number of aliphatic hydroxyl groups is 1. The van der Waals surface area contributed by atoms with Crippen LogP contribution in [-0.4, -0.2) is 73.4 Å². The summed E-state index contributed by atoms with van der Waals surface area (Å²) in [7, 11) is 1.56. The minimum atomic E-state index is -4.36. The Morgan fingerprint density at radius 2 is 0.671 bits per heavy atom. The summed E-state index contributed by atoms with van der Waals surface area (Å²) in [4.78, 5) is 23.4. The highest BCUT2D eigenvalue weighted by atomic mass is 31.2. The van der Waals surface area contributed by atoms with E-state index in [4.69, 9.17) is 9.05 Å². The van der Waals surface area contributed by atoms with Crippen LogP contribution < -0.4 is 5.32 Å². The number of rotatable bonds is 68. The van der Waals surface area contributed by atoms with Crippen molar-refractivity contribution in [1.29, 1.82) is 0 Å². The Morgan fingerprint density at radius 3 is 0.976 bits per heavy atom. The predicted octanol–water partition coefficient (Wildman–Crippen LogP) is 23.2. The largest absolute Gasteiger partial charge is 0.472 e. The molecule has 0 aromatic heterocycles. The lowest BCUT2D eigenvalue weighted by Crippen LogP contribution is -2.45. The normalized spacial score (nSPS) is 13.8. The van der Waals surface area contributed by atoms with Crippen LogP contribution in [0.2, 0.25) is 0 Å². The predicted molar refractivity (Wildman–Crippen MR) is 360 cm³/mol. The van der Waals surface area contributed by atoms with Gasteiger partial charge in [0.25, 0.3) is 0 Å². The van der Waals surface area contributed by atoms with Crippen molar-refractivity contribution in [3.63, 3.8) is 0 Å². The molecule has 0 aromatic rings. The summed E-state index contributed by atoms with van der Waals surface area (Å²) < 4.78 is 23.8. The second-order valence-electron chi connectivity index (χ2n) is 26.3. The fourth-order valence-electron chi connectivity index (χ4n) is 11.2. The average molecular weight is 1180 g/mol. The van der Waals surface area contributed by atoms with Crippen LogP contribution in [0.4, 0.5) is 0 Å². The summed E-state index contributed by atoms with van der Waals surface area (Å²) in [5.74, 6) is -0.183. The fourth-order valence-corrected chi connectivity index (χ4v) is 11.9. The number of likely N-dealkylation sites (N-methyl/N-ethyl adjacent to an activating group) is 1. The number of quaternary nitrogens is 1. The molecular formula is C73H144N2O6P+. The molecule has 0 spiro atoms. The zero-order valence-electron chi connectivity index (χ0n) is 55.8. The number of carbonyl (C=O) groups is 1. The minimum Gasteiger partial charge on any atom is -0.387 e. The molecule has 3 N–H and O–H groups in total. The van der Waals surface area contributed by atoms with Crippen molar-refractivity contribution in [2.45, 2.75) is 386 Å². The Morgan fingerprint density at radius 1 is 0.402 bits per heavy atom. The number of nitrogens with zero attached hydrogens (tertiary/aromatic N) is 1. The molecule has 1 amide bonds. The molecule has 0 aliphatic rings. The van der Waals surface area contributed by atoms with Gasteiger partial charge >= 0.3 is 7.82 Å². The number of hydrogen-bond donors (Lipinski definition) is 3. The van der Waals surface area contributed by atoms with Crippen LogP contribution in [0.15, 0.2) is 36.5 Å². The first-order valence-corrected chi connectivity index (χ1v) is 37.9. The van der Waals surface area contributed by atoms with Crippen molar-refractivity contribution >= 4 is 13.7 Å². The molecule has 0 heterocycles. The Hall–Kier alpha value is -1.28. The molecule has 0 aliphatic carbocycles. The maximum Gasteiger partial charge on any atom is 0.472 e. The second-order valence-corrected chi connectivity index (χ2v) is 27.8.